The van der Waals surface area contributed by atoms with E-state index in [1.807, 2.05) is 0 Å². The molecule has 0 rings (SSSR count). The van der Waals surface area contributed by atoms with Crippen molar-refractivity contribution in [2.24, 2.45) is 0 Å². The van der Waals surface area contributed by atoms with Crippen molar-refractivity contribution < 1.29 is 81.2 Å². The molecule has 0 radical (unpaired) electrons. The average Bonchev–Trinajstić information content (AvgIpc) is 1.50. The second kappa shape index (κ2) is 30.4. The first kappa shape index (κ1) is 51.5. The Balaban J connectivity index is -0.0000000123. The molecule has 0 atom stereocenters. The summed E-state index contributed by atoms with van der Waals surface area (Å²) < 4.78 is 34.1. The van der Waals surface area contributed by atoms with Crippen molar-refractivity contribution >= 4 is 39.4 Å². The van der Waals surface area contributed by atoms with Gasteiger partial charge in [-0.05, 0) is 6.92 Å². The van der Waals surface area contributed by atoms with Crippen LogP contribution in [-0.2, 0) is 15.2 Å². The Morgan fingerprint density at radius 3 is 1.06 bits per heavy atom. The minimum Gasteiger partial charge on any atom is -0.759 e. The van der Waals surface area contributed by atoms with E-state index < -0.39 is 21.5 Å². The number of hydrogen-bond acceptors (Lipinski definition) is 9. The third kappa shape index (κ3) is 22000. The molecule has 0 aromatic carbocycles. The fourth-order valence-corrected chi connectivity index (χ4v) is 0. The summed E-state index contributed by atoms with van der Waals surface area (Å²) >= 11 is 0. The van der Waals surface area contributed by atoms with Crippen LogP contribution in [0.5, 0.6) is 0 Å². The molecule has 0 bridgehead atoms. The molecular weight excluding hydrogens is 284 g/mol. The predicted octanol–water partition coefficient (Wildman–Crippen LogP) is -10.8. The van der Waals surface area contributed by atoms with Gasteiger partial charge in [0.05, 0.1) is 5.09 Å². The van der Waals surface area contributed by atoms with Crippen LogP contribution >= 0.6 is 0 Å². The molecule has 12 nitrogen and oxygen atoms in total. The smallest absolute Gasteiger partial charge is 0.759 e. The summed E-state index contributed by atoms with van der Waals surface area (Å²) in [6.45, 7) is 0.972. The molecule has 16 heteroatoms. The molecule has 96 valence electrons. The van der Waals surface area contributed by atoms with Crippen LogP contribution in [0.4, 0.5) is 0 Å². The van der Waals surface area contributed by atoms with Crippen LogP contribution in [0.1, 0.15) is 6.92 Å². The summed E-state index contributed by atoms with van der Waals surface area (Å²) in [5.74, 6) is -1.08. The number of aliphatic carboxylic acids is 1. The Bertz CT molecular complexity index is 228. The van der Waals surface area contributed by atoms with E-state index in [0.29, 0.717) is 0 Å². The van der Waals surface area contributed by atoms with Crippen LogP contribution in [-0.4, -0.2) is 62.6 Å². The zero-order valence-electron chi connectivity index (χ0n) is 9.74. The van der Waals surface area contributed by atoms with Crippen LogP contribution in [0.2, 0.25) is 0 Å². The first-order valence-electron chi connectivity index (χ1n) is 2.12. The van der Waals surface area contributed by atoms with Gasteiger partial charge in [0.25, 0.3) is 0 Å². The zero-order valence-corrected chi connectivity index (χ0v) is 12.0. The largest absolute Gasteiger partial charge is 2.00 e. The van der Waals surface area contributed by atoms with E-state index >= 15 is 0 Å². The summed E-state index contributed by atoms with van der Waals surface area (Å²) in [6, 6.07) is 0. The number of carbonyl (C=O) groups is 1. The Hall–Kier alpha value is 0.421. The van der Waals surface area contributed by atoms with Gasteiger partial charge in [0.1, 0.15) is 0 Å². The van der Waals surface area contributed by atoms with Gasteiger partial charge in [-0.15, -0.1) is 0 Å². The summed E-state index contributed by atoms with van der Waals surface area (Å²) in [6.07, 6.45) is 0. The number of carboxylic acids is 1. The topological polar surface area (TPSA) is 250 Å². The first-order valence-corrected chi connectivity index (χ1v) is 3.46. The van der Waals surface area contributed by atoms with Crippen LogP contribution in [0.3, 0.4) is 0 Å². The van der Waals surface area contributed by atoms with Crippen molar-refractivity contribution in [1.29, 1.82) is 0 Å². The van der Waals surface area contributed by atoms with Crippen molar-refractivity contribution in [3.8, 4) is 0 Å². The summed E-state index contributed by atoms with van der Waals surface area (Å²) in [4.78, 5) is 17.1. The fourth-order valence-electron chi connectivity index (χ4n) is 0. The van der Waals surface area contributed by atoms with Gasteiger partial charge in [-0.2, -0.15) is 0 Å². The molecule has 0 amide bonds. The predicted molar refractivity (Wildman–Crippen MR) is 44.5 cm³/mol. The van der Waals surface area contributed by atoms with Gasteiger partial charge >= 0.3 is 60.8 Å². The molecule has 4 N–H and O–H groups in total. The third-order valence-electron chi connectivity index (χ3n) is 0. The van der Waals surface area contributed by atoms with Crippen molar-refractivity contribution in [2.75, 3.05) is 0 Å². The van der Waals surface area contributed by atoms with E-state index in [9.17, 15) is 0 Å². The maximum absolute atomic E-state index is 8.89. The molecule has 0 heterocycles. The number of carbonyl (C=O) groups excluding carboxylic acids is 1. The van der Waals surface area contributed by atoms with E-state index in [-0.39, 0.29) is 71.7 Å². The quantitative estimate of drug-likeness (QED) is 0.135. The molecule has 0 unspecified atom stereocenters. The zero-order chi connectivity index (χ0) is 11.7. The van der Waals surface area contributed by atoms with Gasteiger partial charge in [0.15, 0.2) is 0 Å². The summed E-state index contributed by atoms with van der Waals surface area (Å²) in [7, 11) is -5.17. The van der Waals surface area contributed by atoms with Gasteiger partial charge in [-0.1, -0.05) is 0 Å². The van der Waals surface area contributed by atoms with Gasteiger partial charge in [0.2, 0.25) is 0 Å². The van der Waals surface area contributed by atoms with Gasteiger partial charge in [-0.3, -0.25) is 8.42 Å². The Labute approximate surface area is 142 Å². The molecule has 18 heavy (non-hydrogen) atoms. The van der Waals surface area contributed by atoms with Gasteiger partial charge in [0, 0.05) is 16.4 Å². The van der Waals surface area contributed by atoms with Crippen molar-refractivity contribution in [3.63, 3.8) is 0 Å². The molecule has 0 aliphatic heterocycles. The molecule has 0 saturated heterocycles. The molecule has 0 aromatic rings. The number of nitrogens with zero attached hydrogens (tertiary/aromatic N) is 1. The minimum atomic E-state index is -5.17. The number of carboxylic acid groups (broad SMARTS) is 1. The minimum absolute atomic E-state index is 0. The first-order chi connectivity index (χ1) is 5.46. The molecule has 0 aliphatic carbocycles. The van der Waals surface area contributed by atoms with Crippen molar-refractivity contribution in [3.05, 3.63) is 15.3 Å². The molecule has 0 aliphatic rings. The molecule has 0 aromatic heterocycles. The number of hydrogen-bond donors (Lipinski definition) is 0. The number of rotatable bonds is 0. The van der Waals surface area contributed by atoms with Crippen molar-refractivity contribution in [2.45, 2.75) is 6.92 Å². The molecule has 0 saturated carbocycles. The van der Waals surface area contributed by atoms with E-state index in [1.54, 1.807) is 0 Å². The SMILES string of the molecule is CC(=O)[O-].O.O.O=S(=O)([O-])[O-].O=[N+]([O-])[O-].[Li+].[Li+].[Mg+2]. The van der Waals surface area contributed by atoms with Crippen LogP contribution in [0, 0.1) is 15.3 Å². The maximum atomic E-state index is 8.89. The third-order valence-corrected chi connectivity index (χ3v) is 0. The fraction of sp³-hybridized carbons (Fsp3) is 0.500. The summed E-state index contributed by atoms with van der Waals surface area (Å²) in [5.41, 5.74) is 0. The second-order valence-corrected chi connectivity index (χ2v) is 1.94. The molecule has 0 spiro atoms. The van der Waals surface area contributed by atoms with Gasteiger partial charge < -0.3 is 45.3 Å². The standard InChI is InChI=1S/C2H4O2.2Li.Mg.NO3.H2O4S.2H2O/c1-2(3)4;;;;2-1(3)4;1-5(2,3)4;;/h1H3,(H,3,4);;;;;(H2,1,2,3,4);2*1H2/q;2*+1;+2;-1;;;/p-3. The van der Waals surface area contributed by atoms with E-state index in [1.165, 1.54) is 0 Å². The Morgan fingerprint density at radius 1 is 1.06 bits per heavy atom. The monoisotopic (exact) mass is 291 g/mol. The van der Waals surface area contributed by atoms with E-state index in [2.05, 4.69) is 0 Å². The van der Waals surface area contributed by atoms with E-state index in [4.69, 9.17) is 42.7 Å². The van der Waals surface area contributed by atoms with Crippen LogP contribution < -0.4 is 42.8 Å². The van der Waals surface area contributed by atoms with Crippen LogP contribution in [0.15, 0.2) is 0 Å². The normalized spacial score (nSPS) is 5.94. The maximum Gasteiger partial charge on any atom is 2.00 e. The van der Waals surface area contributed by atoms with E-state index in [0.717, 1.165) is 6.92 Å². The van der Waals surface area contributed by atoms with Gasteiger partial charge in [-0.25, -0.2) is 0 Å². The Kier molecular flexibility index (Phi) is 87.1. The van der Waals surface area contributed by atoms with Crippen molar-refractivity contribution in [1.82, 2.24) is 0 Å². The second-order valence-electron chi connectivity index (χ2n) is 1.12. The molecular formula is C2H7Li2MgNO11S. The molecule has 0 fully saturated rings. The van der Waals surface area contributed by atoms with Crippen LogP contribution in [0.25, 0.3) is 0 Å². The summed E-state index contributed by atoms with van der Waals surface area (Å²) in [5, 5.41) is 23.6. The Morgan fingerprint density at radius 2 is 1.06 bits per heavy atom. The average molecular weight is 291 g/mol.